The van der Waals surface area contributed by atoms with Gasteiger partial charge in [0.1, 0.15) is 17.2 Å². The number of benzene rings is 1. The van der Waals surface area contributed by atoms with E-state index in [4.69, 9.17) is 20.7 Å². The fourth-order valence-corrected chi connectivity index (χ4v) is 2.84. The van der Waals surface area contributed by atoms with Gasteiger partial charge in [-0.15, -0.1) is 0 Å². The number of fused-ring (bicyclic) bond motifs is 1. The van der Waals surface area contributed by atoms with Crippen LogP contribution in [0.4, 0.5) is 4.39 Å². The second kappa shape index (κ2) is 7.62. The van der Waals surface area contributed by atoms with Crippen molar-refractivity contribution in [1.82, 2.24) is 0 Å². The number of methoxy groups -OCH3 is 1. The highest BCUT2D eigenvalue weighted by molar-refractivity contribution is 5.89. The van der Waals surface area contributed by atoms with Gasteiger partial charge in [-0.05, 0) is 24.1 Å². The van der Waals surface area contributed by atoms with Crippen molar-refractivity contribution >= 4 is 11.9 Å². The number of carboxylic acid groups (broad SMARTS) is 2. The Kier molecular flexibility index (Phi) is 6.28. The molecule has 1 aromatic carbocycles. The number of ether oxygens (including phenoxy) is 1. The zero-order valence-electron chi connectivity index (χ0n) is 14.2. The topological polar surface area (TPSA) is 130 Å². The Morgan fingerprint density at radius 1 is 1.28 bits per heavy atom. The molecular formula is C17H22FNO6. The van der Waals surface area contributed by atoms with Gasteiger partial charge in [0.15, 0.2) is 0 Å². The Balaban J connectivity index is 0.000000333. The molecule has 1 aliphatic carbocycles. The molecule has 0 radical (unpaired) electrons. The number of carbonyl (C=O) groups is 2. The van der Waals surface area contributed by atoms with Crippen LogP contribution in [0.1, 0.15) is 25.0 Å². The van der Waals surface area contributed by atoms with Crippen molar-refractivity contribution in [3.05, 3.63) is 41.2 Å². The van der Waals surface area contributed by atoms with Crippen molar-refractivity contribution in [3.63, 3.8) is 0 Å². The Labute approximate surface area is 144 Å². The first kappa shape index (κ1) is 20.6. The van der Waals surface area contributed by atoms with Crippen LogP contribution in [0.5, 0.6) is 5.75 Å². The number of aliphatic carboxylic acids is 2. The van der Waals surface area contributed by atoms with Crippen molar-refractivity contribution in [2.45, 2.75) is 25.9 Å². The molecule has 138 valence electrons. The molecule has 1 aliphatic rings. The lowest BCUT2D eigenvalue weighted by Crippen LogP contribution is -2.45. The molecule has 1 atom stereocenters. The van der Waals surface area contributed by atoms with Crippen molar-refractivity contribution in [2.75, 3.05) is 13.7 Å². The summed E-state index contributed by atoms with van der Waals surface area (Å²) in [5.74, 6) is -2.32. The molecule has 25 heavy (non-hydrogen) atoms. The zero-order valence-corrected chi connectivity index (χ0v) is 14.2. The predicted molar refractivity (Wildman–Crippen MR) is 87.8 cm³/mol. The van der Waals surface area contributed by atoms with Crippen molar-refractivity contribution in [2.24, 2.45) is 11.1 Å². The van der Waals surface area contributed by atoms with Crippen LogP contribution in [0, 0.1) is 11.2 Å². The molecule has 0 bridgehead atoms. The summed E-state index contributed by atoms with van der Waals surface area (Å²) in [6, 6.07) is 2.91. The van der Waals surface area contributed by atoms with Crippen LogP contribution in [0.25, 0.3) is 0 Å². The summed E-state index contributed by atoms with van der Waals surface area (Å²) >= 11 is 0. The second-order valence-corrected chi connectivity index (χ2v) is 6.24. The fraction of sp³-hybridized carbons (Fsp3) is 0.412. The van der Waals surface area contributed by atoms with E-state index in [0.29, 0.717) is 35.4 Å². The maximum atomic E-state index is 13.8. The van der Waals surface area contributed by atoms with Gasteiger partial charge in [-0.25, -0.2) is 14.0 Å². The van der Waals surface area contributed by atoms with E-state index in [1.165, 1.54) is 19.2 Å². The smallest absolute Gasteiger partial charge is 0.328 e. The summed E-state index contributed by atoms with van der Waals surface area (Å²) in [5, 5.41) is 26.4. The van der Waals surface area contributed by atoms with Gasteiger partial charge in [0.05, 0.1) is 7.11 Å². The van der Waals surface area contributed by atoms with Crippen molar-refractivity contribution < 1.29 is 34.0 Å². The highest BCUT2D eigenvalue weighted by Crippen LogP contribution is 2.53. The average molecular weight is 355 g/mol. The second-order valence-electron chi connectivity index (χ2n) is 6.24. The van der Waals surface area contributed by atoms with E-state index in [0.717, 1.165) is 0 Å². The zero-order chi connectivity index (χ0) is 19.4. The normalized spacial score (nSPS) is 20.6. The van der Waals surface area contributed by atoms with Gasteiger partial charge in [-0.1, -0.05) is 13.8 Å². The largest absolute Gasteiger partial charge is 0.496 e. The van der Waals surface area contributed by atoms with Crippen LogP contribution < -0.4 is 10.5 Å². The van der Waals surface area contributed by atoms with Gasteiger partial charge < -0.3 is 25.8 Å². The third-order valence-electron chi connectivity index (χ3n) is 4.25. The molecule has 0 spiro atoms. The minimum absolute atomic E-state index is 0.0484. The van der Waals surface area contributed by atoms with E-state index in [1.54, 1.807) is 0 Å². The molecule has 7 nitrogen and oxygen atoms in total. The summed E-state index contributed by atoms with van der Waals surface area (Å²) in [5.41, 5.74) is 4.99. The lowest BCUT2D eigenvalue weighted by Gasteiger charge is -2.36. The summed E-state index contributed by atoms with van der Waals surface area (Å²) in [4.78, 5) is 19.1. The summed E-state index contributed by atoms with van der Waals surface area (Å²) < 4.78 is 19.0. The van der Waals surface area contributed by atoms with Gasteiger partial charge in [0, 0.05) is 29.7 Å². The Bertz CT molecular complexity index is 685. The SMILES string of the molecule is COc1ccc(F)c2c1C(O)(CN)C(C)(C)C2.O=C(O)/C=C/C(=O)O. The first-order valence-electron chi connectivity index (χ1n) is 7.42. The van der Waals surface area contributed by atoms with Crippen molar-refractivity contribution in [3.8, 4) is 5.75 Å². The molecule has 0 aromatic heterocycles. The van der Waals surface area contributed by atoms with Crippen molar-refractivity contribution in [1.29, 1.82) is 0 Å². The highest BCUT2D eigenvalue weighted by Gasteiger charge is 2.53. The molecule has 1 unspecified atom stereocenters. The molecule has 0 heterocycles. The quantitative estimate of drug-likeness (QED) is 0.598. The highest BCUT2D eigenvalue weighted by atomic mass is 19.1. The molecule has 1 aromatic rings. The number of hydrogen-bond acceptors (Lipinski definition) is 5. The summed E-state index contributed by atoms with van der Waals surface area (Å²) in [6.45, 7) is 3.82. The molecule has 5 N–H and O–H groups in total. The van der Waals surface area contributed by atoms with E-state index in [9.17, 15) is 19.1 Å². The number of halogens is 1. The van der Waals surface area contributed by atoms with Crippen LogP contribution in [0.3, 0.4) is 0 Å². The van der Waals surface area contributed by atoms with Gasteiger partial charge in [0.25, 0.3) is 0 Å². The molecule has 0 saturated heterocycles. The first-order chi connectivity index (χ1) is 11.5. The van der Waals surface area contributed by atoms with Gasteiger partial charge in [0.2, 0.25) is 0 Å². The maximum Gasteiger partial charge on any atom is 0.328 e. The molecule has 0 fully saturated rings. The minimum Gasteiger partial charge on any atom is -0.496 e. The van der Waals surface area contributed by atoms with E-state index in [-0.39, 0.29) is 12.4 Å². The number of nitrogens with two attached hydrogens (primary N) is 1. The number of carboxylic acids is 2. The lowest BCUT2D eigenvalue weighted by molar-refractivity contribution is -0.134. The Morgan fingerprint density at radius 2 is 1.80 bits per heavy atom. The fourth-order valence-electron chi connectivity index (χ4n) is 2.84. The number of aliphatic hydroxyl groups is 1. The third kappa shape index (κ3) is 4.15. The molecular weight excluding hydrogens is 333 g/mol. The number of hydrogen-bond donors (Lipinski definition) is 4. The van der Waals surface area contributed by atoms with Gasteiger partial charge in [-0.3, -0.25) is 0 Å². The van der Waals surface area contributed by atoms with Crippen LogP contribution >= 0.6 is 0 Å². The molecule has 0 aliphatic heterocycles. The Morgan fingerprint density at radius 3 is 2.20 bits per heavy atom. The molecule has 2 rings (SSSR count). The van der Waals surface area contributed by atoms with E-state index >= 15 is 0 Å². The molecule has 0 saturated carbocycles. The Hall–Kier alpha value is -2.45. The third-order valence-corrected chi connectivity index (χ3v) is 4.25. The van der Waals surface area contributed by atoms with E-state index in [2.05, 4.69) is 0 Å². The maximum absolute atomic E-state index is 13.8. The molecule has 8 heteroatoms. The van der Waals surface area contributed by atoms with Crippen LogP contribution in [-0.2, 0) is 21.6 Å². The first-order valence-corrected chi connectivity index (χ1v) is 7.42. The predicted octanol–water partition coefficient (Wildman–Crippen LogP) is 1.27. The molecule has 0 amide bonds. The summed E-state index contributed by atoms with van der Waals surface area (Å²) in [6.07, 6.45) is 1.57. The lowest BCUT2D eigenvalue weighted by atomic mass is 9.75. The van der Waals surface area contributed by atoms with Gasteiger partial charge in [-0.2, -0.15) is 0 Å². The van der Waals surface area contributed by atoms with Crippen LogP contribution in [0.2, 0.25) is 0 Å². The van der Waals surface area contributed by atoms with E-state index < -0.39 is 23.0 Å². The van der Waals surface area contributed by atoms with Gasteiger partial charge >= 0.3 is 11.9 Å². The van der Waals surface area contributed by atoms with Crippen LogP contribution in [0.15, 0.2) is 24.3 Å². The average Bonchev–Trinajstić information content (AvgIpc) is 2.75. The standard InChI is InChI=1S/C13H18FNO2.C4H4O4/c1-12(2)6-8-9(14)4-5-10(17-3)11(8)13(12,16)7-15;5-3(6)1-2-4(7)8/h4-5,16H,6-7,15H2,1-3H3;1-2H,(H,5,6)(H,7,8)/b;2-1+. The summed E-state index contributed by atoms with van der Waals surface area (Å²) in [7, 11) is 1.51. The minimum atomic E-state index is -1.26. The monoisotopic (exact) mass is 355 g/mol. The number of rotatable bonds is 4. The van der Waals surface area contributed by atoms with E-state index in [1.807, 2.05) is 13.8 Å². The van der Waals surface area contributed by atoms with Crippen LogP contribution in [-0.4, -0.2) is 40.9 Å².